The van der Waals surface area contributed by atoms with Crippen molar-refractivity contribution in [2.24, 2.45) is 0 Å². The molecular weight excluding hydrogens is 176 g/mol. The van der Waals surface area contributed by atoms with Gasteiger partial charge in [0.1, 0.15) is 6.10 Å². The number of hydrogen-bond donors (Lipinski definition) is 1. The maximum atomic E-state index is 8.86. The SMILES string of the molecule is C/C=C\C1=C(C)OC(CO)CC1.CC. The zero-order valence-corrected chi connectivity index (χ0v) is 9.71. The van der Waals surface area contributed by atoms with Crippen LogP contribution in [0.3, 0.4) is 0 Å². The number of ether oxygens (including phenoxy) is 1. The highest BCUT2D eigenvalue weighted by atomic mass is 16.5. The van der Waals surface area contributed by atoms with E-state index in [1.807, 2.05) is 33.8 Å². The van der Waals surface area contributed by atoms with E-state index in [0.29, 0.717) is 0 Å². The Morgan fingerprint density at radius 1 is 1.50 bits per heavy atom. The van der Waals surface area contributed by atoms with Gasteiger partial charge in [-0.05, 0) is 32.3 Å². The third kappa shape index (κ3) is 3.97. The molecule has 0 bridgehead atoms. The molecule has 1 heterocycles. The van der Waals surface area contributed by atoms with E-state index in [2.05, 4.69) is 6.08 Å². The lowest BCUT2D eigenvalue weighted by Crippen LogP contribution is -2.21. The molecule has 1 unspecified atom stereocenters. The summed E-state index contributed by atoms with van der Waals surface area (Å²) in [5, 5.41) is 8.86. The van der Waals surface area contributed by atoms with Crippen molar-refractivity contribution in [3.63, 3.8) is 0 Å². The Hall–Kier alpha value is -0.760. The lowest BCUT2D eigenvalue weighted by Gasteiger charge is -2.24. The predicted molar refractivity (Wildman–Crippen MR) is 60.1 cm³/mol. The van der Waals surface area contributed by atoms with Crippen molar-refractivity contribution in [1.29, 1.82) is 0 Å². The second kappa shape index (κ2) is 7.63. The molecule has 82 valence electrons. The van der Waals surface area contributed by atoms with Gasteiger partial charge in [-0.25, -0.2) is 0 Å². The van der Waals surface area contributed by atoms with Gasteiger partial charge in [-0.1, -0.05) is 26.0 Å². The van der Waals surface area contributed by atoms with E-state index in [9.17, 15) is 0 Å². The third-order valence-corrected chi connectivity index (χ3v) is 2.10. The zero-order valence-electron chi connectivity index (χ0n) is 9.71. The first-order chi connectivity index (χ1) is 6.77. The normalized spacial score (nSPS) is 21.6. The largest absolute Gasteiger partial charge is 0.492 e. The van der Waals surface area contributed by atoms with Crippen molar-refractivity contribution in [2.45, 2.75) is 46.6 Å². The van der Waals surface area contributed by atoms with Crippen LogP contribution in [0.1, 0.15) is 40.5 Å². The minimum Gasteiger partial charge on any atom is -0.492 e. The van der Waals surface area contributed by atoms with Gasteiger partial charge >= 0.3 is 0 Å². The molecule has 0 aliphatic carbocycles. The summed E-state index contributed by atoms with van der Waals surface area (Å²) in [6, 6.07) is 0. The summed E-state index contributed by atoms with van der Waals surface area (Å²) in [7, 11) is 0. The number of allylic oxidation sites excluding steroid dienone is 4. The Labute approximate surface area is 87.3 Å². The highest BCUT2D eigenvalue weighted by Crippen LogP contribution is 2.23. The molecule has 0 saturated heterocycles. The summed E-state index contributed by atoms with van der Waals surface area (Å²) in [4.78, 5) is 0. The minimum atomic E-state index is 0.0130. The van der Waals surface area contributed by atoms with Crippen LogP contribution < -0.4 is 0 Å². The summed E-state index contributed by atoms with van der Waals surface area (Å²) in [6.45, 7) is 8.08. The van der Waals surface area contributed by atoms with Crippen LogP contribution in [-0.4, -0.2) is 17.8 Å². The second-order valence-corrected chi connectivity index (χ2v) is 3.04. The van der Waals surface area contributed by atoms with Gasteiger partial charge in [-0.2, -0.15) is 0 Å². The Bertz CT molecular complexity index is 204. The van der Waals surface area contributed by atoms with Crippen LogP contribution in [0.5, 0.6) is 0 Å². The van der Waals surface area contributed by atoms with Gasteiger partial charge in [0.25, 0.3) is 0 Å². The molecule has 1 atom stereocenters. The van der Waals surface area contributed by atoms with Crippen molar-refractivity contribution in [1.82, 2.24) is 0 Å². The van der Waals surface area contributed by atoms with Gasteiger partial charge in [-0.15, -0.1) is 0 Å². The second-order valence-electron chi connectivity index (χ2n) is 3.04. The van der Waals surface area contributed by atoms with Crippen molar-refractivity contribution in [3.8, 4) is 0 Å². The fourth-order valence-electron chi connectivity index (χ4n) is 1.41. The van der Waals surface area contributed by atoms with Gasteiger partial charge in [0, 0.05) is 0 Å². The molecule has 0 amide bonds. The highest BCUT2D eigenvalue weighted by Gasteiger charge is 2.16. The quantitative estimate of drug-likeness (QED) is 0.739. The summed E-state index contributed by atoms with van der Waals surface area (Å²) in [5.41, 5.74) is 1.25. The molecule has 1 rings (SSSR count). The van der Waals surface area contributed by atoms with Gasteiger partial charge < -0.3 is 9.84 Å². The lowest BCUT2D eigenvalue weighted by atomic mass is 10.0. The average Bonchev–Trinajstić information content (AvgIpc) is 2.24. The Morgan fingerprint density at radius 2 is 2.14 bits per heavy atom. The van der Waals surface area contributed by atoms with E-state index in [-0.39, 0.29) is 12.7 Å². The molecule has 0 aromatic rings. The Kier molecular flexibility index (Phi) is 7.21. The number of aliphatic hydroxyl groups excluding tert-OH is 1. The molecule has 1 aliphatic rings. The zero-order chi connectivity index (χ0) is 11.0. The fourth-order valence-corrected chi connectivity index (χ4v) is 1.41. The molecular formula is C12H22O2. The van der Waals surface area contributed by atoms with Crippen molar-refractivity contribution in [3.05, 3.63) is 23.5 Å². The first-order valence-electron chi connectivity index (χ1n) is 5.38. The lowest BCUT2D eigenvalue weighted by molar-refractivity contribution is 0.0424. The van der Waals surface area contributed by atoms with E-state index in [0.717, 1.165) is 18.6 Å². The van der Waals surface area contributed by atoms with Crippen molar-refractivity contribution >= 4 is 0 Å². The molecule has 0 aromatic carbocycles. The molecule has 1 aliphatic heterocycles. The molecule has 14 heavy (non-hydrogen) atoms. The molecule has 0 fully saturated rings. The van der Waals surface area contributed by atoms with Crippen molar-refractivity contribution < 1.29 is 9.84 Å². The van der Waals surface area contributed by atoms with Crippen LogP contribution >= 0.6 is 0 Å². The van der Waals surface area contributed by atoms with Gasteiger partial charge in [0.15, 0.2) is 0 Å². The summed E-state index contributed by atoms with van der Waals surface area (Å²) in [6.07, 6.45) is 6.04. The summed E-state index contributed by atoms with van der Waals surface area (Å²) < 4.78 is 5.48. The predicted octanol–water partition coefficient (Wildman–Crippen LogP) is 3.03. The molecule has 0 spiro atoms. The first-order valence-corrected chi connectivity index (χ1v) is 5.38. The number of rotatable bonds is 2. The van der Waals surface area contributed by atoms with E-state index in [4.69, 9.17) is 9.84 Å². The summed E-state index contributed by atoms with van der Waals surface area (Å²) in [5.74, 6) is 0.957. The first kappa shape index (κ1) is 13.2. The topological polar surface area (TPSA) is 29.5 Å². The van der Waals surface area contributed by atoms with Gasteiger partial charge in [0.2, 0.25) is 0 Å². The molecule has 2 nitrogen and oxygen atoms in total. The molecule has 0 radical (unpaired) electrons. The third-order valence-electron chi connectivity index (χ3n) is 2.10. The highest BCUT2D eigenvalue weighted by molar-refractivity contribution is 5.22. The van der Waals surface area contributed by atoms with Crippen LogP contribution in [0.2, 0.25) is 0 Å². The fraction of sp³-hybridized carbons (Fsp3) is 0.667. The van der Waals surface area contributed by atoms with Crippen LogP contribution in [0.15, 0.2) is 23.5 Å². The smallest absolute Gasteiger partial charge is 0.121 e. The Morgan fingerprint density at radius 3 is 2.57 bits per heavy atom. The Balaban J connectivity index is 0.000000791. The monoisotopic (exact) mass is 198 g/mol. The maximum absolute atomic E-state index is 8.86. The molecule has 2 heteroatoms. The maximum Gasteiger partial charge on any atom is 0.121 e. The van der Waals surface area contributed by atoms with E-state index >= 15 is 0 Å². The number of aliphatic hydroxyl groups is 1. The van der Waals surface area contributed by atoms with Crippen LogP contribution in [0, 0.1) is 0 Å². The van der Waals surface area contributed by atoms with Gasteiger partial charge in [0.05, 0.1) is 12.4 Å². The minimum absolute atomic E-state index is 0.0130. The van der Waals surface area contributed by atoms with E-state index in [1.54, 1.807) is 0 Å². The summed E-state index contributed by atoms with van der Waals surface area (Å²) >= 11 is 0. The molecule has 1 N–H and O–H groups in total. The van der Waals surface area contributed by atoms with E-state index in [1.165, 1.54) is 5.57 Å². The van der Waals surface area contributed by atoms with Gasteiger partial charge in [-0.3, -0.25) is 0 Å². The van der Waals surface area contributed by atoms with Crippen LogP contribution in [-0.2, 0) is 4.74 Å². The number of hydrogen-bond acceptors (Lipinski definition) is 2. The van der Waals surface area contributed by atoms with Crippen molar-refractivity contribution in [2.75, 3.05) is 6.61 Å². The van der Waals surface area contributed by atoms with Crippen LogP contribution in [0.25, 0.3) is 0 Å². The standard InChI is InChI=1S/C10H16O2.C2H6/c1-3-4-9-5-6-10(7-11)12-8(9)2;1-2/h3-4,10-11H,5-7H2,1-2H3;1-2H3/b4-3-;. The molecule has 0 saturated carbocycles. The van der Waals surface area contributed by atoms with E-state index < -0.39 is 0 Å². The average molecular weight is 198 g/mol. The van der Waals surface area contributed by atoms with Crippen LogP contribution in [0.4, 0.5) is 0 Å². The molecule has 0 aromatic heterocycles.